The van der Waals surface area contributed by atoms with Gasteiger partial charge in [0.25, 0.3) is 0 Å². The second-order valence-electron chi connectivity index (χ2n) is 8.08. The van der Waals surface area contributed by atoms with Crippen molar-refractivity contribution in [2.24, 2.45) is 0 Å². The molecule has 0 aliphatic rings. The van der Waals surface area contributed by atoms with Crippen LogP contribution in [-0.2, 0) is 14.3 Å². The third kappa shape index (κ3) is 5.70. The molecule has 164 valence electrons. The first-order chi connectivity index (χ1) is 13.2. The number of esters is 1. The molecular weight excluding hydrogens is 642 g/mol. The topological polar surface area (TPSA) is 35.5 Å². The molecule has 0 aromatic heterocycles. The van der Waals surface area contributed by atoms with Crippen LogP contribution in [0.2, 0.25) is 0 Å². The van der Waals surface area contributed by atoms with Crippen molar-refractivity contribution in [1.29, 1.82) is 0 Å². The summed E-state index contributed by atoms with van der Waals surface area (Å²) in [4.78, 5) is 12.8. The molecule has 3 nitrogen and oxygen atoms in total. The molecule has 0 fully saturated rings. The van der Waals surface area contributed by atoms with Crippen LogP contribution in [-0.4, -0.2) is 18.7 Å². The van der Waals surface area contributed by atoms with Gasteiger partial charge in [-0.2, -0.15) is 0 Å². The molecule has 0 saturated heterocycles. The van der Waals surface area contributed by atoms with Crippen LogP contribution >= 0.6 is 0 Å². The van der Waals surface area contributed by atoms with Crippen LogP contribution in [0.4, 0.5) is 0 Å². The Hall–Kier alpha value is -3.65. The van der Waals surface area contributed by atoms with Crippen molar-refractivity contribution < 1.29 is 14.3 Å². The van der Waals surface area contributed by atoms with Crippen molar-refractivity contribution in [1.82, 2.24) is 0 Å². The standard InChI is InChI=1S/C25H27O3.2CH3.Bh/c1-16-11-13-18(14-12-16)22-20-10-8-7-9-19(20)15-17(2)21(22)23(24(26)27-6)28-25(3,4)5;;;/h7-14,23H,1-6H3;2*1H3;/q3*-1;. The number of carbonyl (C=O) groups excluding carboxylic acids is 1. The van der Waals surface area contributed by atoms with Crippen LogP contribution in [0.15, 0.2) is 48.5 Å². The maximum Gasteiger partial charge on any atom is 0.330 e. The van der Waals surface area contributed by atoms with Gasteiger partial charge in [-0.05, 0) is 33.3 Å². The maximum atomic E-state index is 12.8. The SMILES string of the molecule is COC(=O)C(OC(C)(C)C)c1c(C)[c-]c2ccccc2c1-c1ccc(C)cc1.[Bh].[CH3-].[CH3-]. The molecule has 0 amide bonds. The molecule has 0 saturated carbocycles. The van der Waals surface area contributed by atoms with E-state index in [4.69, 9.17) is 9.47 Å². The number of rotatable bonds is 4. The minimum Gasteiger partial charge on any atom is -0.467 e. The summed E-state index contributed by atoms with van der Waals surface area (Å²) in [6.45, 7) is 9.85. The Balaban J connectivity index is 0.00000300. The van der Waals surface area contributed by atoms with Gasteiger partial charge in [0.2, 0.25) is 0 Å². The van der Waals surface area contributed by atoms with E-state index in [1.807, 2.05) is 45.9 Å². The number of fused-ring (bicyclic) bond motifs is 1. The smallest absolute Gasteiger partial charge is 0.330 e. The van der Waals surface area contributed by atoms with Gasteiger partial charge in [0, 0.05) is 0 Å². The molecular formula is C27H33BhO3-3. The van der Waals surface area contributed by atoms with Crippen molar-refractivity contribution >= 4 is 16.7 Å². The summed E-state index contributed by atoms with van der Waals surface area (Å²) in [5.41, 5.74) is 4.40. The van der Waals surface area contributed by atoms with Gasteiger partial charge in [-0.1, -0.05) is 60.0 Å². The second kappa shape index (κ2) is 10.4. The van der Waals surface area contributed by atoms with Gasteiger partial charge in [0.15, 0.2) is 0 Å². The predicted molar refractivity (Wildman–Crippen MR) is 126 cm³/mol. The molecule has 3 aromatic carbocycles. The second-order valence-corrected chi connectivity index (χ2v) is 8.08. The fourth-order valence-electron chi connectivity index (χ4n) is 3.46. The summed E-state index contributed by atoms with van der Waals surface area (Å²) in [7, 11) is 1.40. The molecule has 0 heterocycles. The number of hydrogen-bond acceptors (Lipinski definition) is 3. The monoisotopic (exact) mass is 675 g/mol. The zero-order valence-electron chi connectivity index (χ0n) is 20.1. The molecule has 0 radical (unpaired) electrons. The number of ether oxygens (including phenoxy) is 2. The number of hydrogen-bond donors (Lipinski definition) is 0. The number of benzene rings is 3. The summed E-state index contributed by atoms with van der Waals surface area (Å²) in [6, 6.07) is 19.9. The Labute approximate surface area is 182 Å². The van der Waals surface area contributed by atoms with Crippen molar-refractivity contribution in [2.75, 3.05) is 7.11 Å². The van der Waals surface area contributed by atoms with E-state index in [-0.39, 0.29) is 14.9 Å². The fourth-order valence-corrected chi connectivity index (χ4v) is 3.46. The maximum absolute atomic E-state index is 12.8. The van der Waals surface area contributed by atoms with E-state index < -0.39 is 17.7 Å². The van der Waals surface area contributed by atoms with Gasteiger partial charge < -0.3 is 24.3 Å². The molecule has 0 aliphatic carbocycles. The zero-order chi connectivity index (χ0) is 20.5. The van der Waals surface area contributed by atoms with Gasteiger partial charge in [0.05, 0.1) is 12.7 Å². The summed E-state index contributed by atoms with van der Waals surface area (Å²) >= 11 is 0. The van der Waals surface area contributed by atoms with Crippen molar-refractivity contribution in [3.8, 4) is 11.1 Å². The fraction of sp³-hybridized carbons (Fsp3) is 0.296. The first-order valence-corrected chi connectivity index (χ1v) is 9.48. The summed E-state index contributed by atoms with van der Waals surface area (Å²) in [5.74, 6) is -0.407. The quantitative estimate of drug-likeness (QED) is 0.224. The van der Waals surface area contributed by atoms with Crippen LogP contribution in [0.3, 0.4) is 0 Å². The van der Waals surface area contributed by atoms with Crippen LogP contribution < -0.4 is 0 Å². The van der Waals surface area contributed by atoms with E-state index in [9.17, 15) is 4.79 Å². The van der Waals surface area contributed by atoms with Gasteiger partial charge in [0.1, 0.15) is 6.10 Å². The molecule has 4 heteroatoms. The van der Waals surface area contributed by atoms with E-state index in [1.54, 1.807) is 0 Å². The minimum atomic E-state index is -0.831. The average molecular weight is 676 g/mol. The molecule has 3 rings (SSSR count). The van der Waals surface area contributed by atoms with Gasteiger partial charge >= 0.3 is 5.97 Å². The van der Waals surface area contributed by atoms with E-state index in [0.29, 0.717) is 0 Å². The Morgan fingerprint density at radius 1 is 0.968 bits per heavy atom. The van der Waals surface area contributed by atoms with Gasteiger partial charge in [-0.25, -0.2) is 4.79 Å². The summed E-state index contributed by atoms with van der Waals surface area (Å²) < 4.78 is 11.3. The van der Waals surface area contributed by atoms with E-state index in [1.165, 1.54) is 12.7 Å². The molecule has 0 N–H and O–H groups in total. The van der Waals surface area contributed by atoms with E-state index in [0.717, 1.165) is 33.0 Å². The average Bonchev–Trinajstić information content (AvgIpc) is 2.65. The van der Waals surface area contributed by atoms with Crippen LogP contribution in [0.1, 0.15) is 43.6 Å². The Morgan fingerprint density at radius 3 is 2.10 bits per heavy atom. The number of carbonyl (C=O) groups is 1. The van der Waals surface area contributed by atoms with Crippen LogP contribution in [0.5, 0.6) is 0 Å². The number of methoxy groups -OCH3 is 1. The molecule has 0 bridgehead atoms. The molecule has 3 aromatic rings. The Bertz CT molecular complexity index is 1000. The van der Waals surface area contributed by atoms with Crippen molar-refractivity contribution in [3.05, 3.63) is 86.1 Å². The Kier molecular flexibility index (Phi) is 9.18. The third-order valence-electron chi connectivity index (χ3n) is 4.68. The number of aryl methyl sites for hydroxylation is 2. The summed E-state index contributed by atoms with van der Waals surface area (Å²) in [6.07, 6.45) is -0.831. The Morgan fingerprint density at radius 2 is 1.55 bits per heavy atom. The third-order valence-corrected chi connectivity index (χ3v) is 4.68. The van der Waals surface area contributed by atoms with Gasteiger partial charge in [-0.3, -0.25) is 0 Å². The van der Waals surface area contributed by atoms with Crippen molar-refractivity contribution in [3.63, 3.8) is 0 Å². The van der Waals surface area contributed by atoms with Crippen LogP contribution in [0.25, 0.3) is 21.9 Å². The largest absolute Gasteiger partial charge is 0.467 e. The first kappa shape index (κ1) is 27.4. The molecule has 1 unspecified atom stereocenters. The predicted octanol–water partition coefficient (Wildman–Crippen LogP) is 6.85. The minimum absolute atomic E-state index is 0. The van der Waals surface area contributed by atoms with Crippen molar-refractivity contribution in [2.45, 2.75) is 46.3 Å². The first-order valence-electron chi connectivity index (χ1n) is 9.48. The van der Waals surface area contributed by atoms with E-state index >= 15 is 0 Å². The van der Waals surface area contributed by atoms with Gasteiger partial charge in [-0.15, -0.1) is 34.5 Å². The molecule has 0 spiro atoms. The normalized spacial score (nSPS) is 11.5. The van der Waals surface area contributed by atoms with Crippen LogP contribution in [0, 0.1) is 34.8 Å². The zero-order valence-corrected chi connectivity index (χ0v) is 26.6. The molecule has 0 aliphatic heterocycles. The molecule has 31 heavy (non-hydrogen) atoms. The summed E-state index contributed by atoms with van der Waals surface area (Å²) in [5, 5.41) is 2.05. The molecule has 1 atom stereocenters. The van der Waals surface area contributed by atoms with E-state index in [2.05, 4.69) is 43.3 Å².